The van der Waals surface area contributed by atoms with Crippen LogP contribution < -0.4 is 9.70 Å². The number of rotatable bonds is 5. The van der Waals surface area contributed by atoms with Crippen molar-refractivity contribution >= 4 is 17.0 Å². The molecule has 2 heterocycles. The zero-order valence-electron chi connectivity index (χ0n) is 14.0. The van der Waals surface area contributed by atoms with Crippen LogP contribution in [0.2, 0.25) is 0 Å². The zero-order valence-corrected chi connectivity index (χ0v) is 14.9. The van der Waals surface area contributed by atoms with Gasteiger partial charge in [-0.25, -0.2) is 4.99 Å². The van der Waals surface area contributed by atoms with Gasteiger partial charge in [0.05, 0.1) is 25.4 Å². The Hall–Kier alpha value is -1.43. The van der Waals surface area contributed by atoms with E-state index in [-0.39, 0.29) is 0 Å². The van der Waals surface area contributed by atoms with E-state index in [2.05, 4.69) is 48.1 Å². The van der Waals surface area contributed by atoms with Crippen molar-refractivity contribution in [2.75, 3.05) is 32.8 Å². The molecule has 124 valence electrons. The number of nitrogens with one attached hydrogen (secondary N) is 1. The fourth-order valence-electron chi connectivity index (χ4n) is 2.90. The van der Waals surface area contributed by atoms with E-state index < -0.39 is 0 Å². The molecule has 1 fully saturated rings. The Morgan fingerprint density at radius 2 is 1.91 bits per heavy atom. The molecule has 1 N–H and O–H groups in total. The number of benzene rings is 1. The van der Waals surface area contributed by atoms with Gasteiger partial charge in [-0.15, -0.1) is 11.3 Å². The van der Waals surface area contributed by atoms with E-state index in [4.69, 9.17) is 9.73 Å². The number of ether oxygens (including phenoxy) is 1. The highest BCUT2D eigenvalue weighted by molar-refractivity contribution is 7.07. The molecule has 4 nitrogen and oxygen atoms in total. The third-order valence-corrected chi connectivity index (χ3v) is 5.34. The lowest BCUT2D eigenvalue weighted by Gasteiger charge is -2.23. The number of morpholine rings is 1. The Bertz CT molecular complexity index is 681. The van der Waals surface area contributed by atoms with E-state index in [1.807, 2.05) is 0 Å². The first-order valence-electron chi connectivity index (χ1n) is 8.40. The molecular formula is C18H26N3OS+. The molecule has 0 saturated carbocycles. The van der Waals surface area contributed by atoms with Crippen molar-refractivity contribution in [3.05, 3.63) is 45.7 Å². The van der Waals surface area contributed by atoms with Crippen LogP contribution in [0.15, 0.2) is 34.6 Å². The molecule has 0 radical (unpaired) electrons. The first-order valence-corrected chi connectivity index (χ1v) is 9.28. The van der Waals surface area contributed by atoms with Crippen LogP contribution in [0.1, 0.15) is 17.7 Å². The van der Waals surface area contributed by atoms with Crippen LogP contribution in [-0.4, -0.2) is 37.4 Å². The Morgan fingerprint density at radius 1 is 1.17 bits per heavy atom. The molecule has 1 aliphatic rings. The molecule has 0 spiro atoms. The predicted octanol–water partition coefficient (Wildman–Crippen LogP) is 1.70. The number of hydrogen-bond acceptors (Lipinski definition) is 3. The second kappa shape index (κ2) is 7.90. The summed E-state index contributed by atoms with van der Waals surface area (Å²) < 4.78 is 7.78. The van der Waals surface area contributed by atoms with Gasteiger partial charge < -0.3 is 14.2 Å². The normalized spacial score (nSPS) is 16.9. The quantitative estimate of drug-likeness (QED) is 0.888. The second-order valence-electron chi connectivity index (χ2n) is 6.22. The highest BCUT2D eigenvalue weighted by Gasteiger charge is 2.13. The van der Waals surface area contributed by atoms with Crippen molar-refractivity contribution in [1.29, 1.82) is 0 Å². The van der Waals surface area contributed by atoms with Crippen LogP contribution in [-0.2, 0) is 11.3 Å². The largest absolute Gasteiger partial charge is 0.370 e. The SMILES string of the molecule is Cc1ccc(N=c2scc(C)n2CCC[NH+]2CCOCC2)cc1. The van der Waals surface area contributed by atoms with E-state index in [9.17, 15) is 0 Å². The molecule has 2 aromatic rings. The standard InChI is InChI=1S/C18H25N3OS/c1-15-4-6-17(7-5-15)19-18-21(16(2)14-23-18)9-3-8-20-10-12-22-13-11-20/h4-7,14H,3,8-13H2,1-2H3/p+1. The van der Waals surface area contributed by atoms with Gasteiger partial charge in [-0.3, -0.25) is 0 Å². The molecule has 0 atom stereocenters. The minimum absolute atomic E-state index is 0.911. The molecular weight excluding hydrogens is 306 g/mol. The van der Waals surface area contributed by atoms with Crippen LogP contribution in [0.5, 0.6) is 0 Å². The van der Waals surface area contributed by atoms with Crippen molar-refractivity contribution in [2.24, 2.45) is 4.99 Å². The van der Waals surface area contributed by atoms with Gasteiger partial charge in [0.25, 0.3) is 0 Å². The first-order chi connectivity index (χ1) is 11.2. The van der Waals surface area contributed by atoms with Gasteiger partial charge in [0, 0.05) is 24.0 Å². The van der Waals surface area contributed by atoms with Gasteiger partial charge in [0.2, 0.25) is 0 Å². The number of aryl methyl sites for hydroxylation is 2. The number of hydrogen-bond donors (Lipinski definition) is 1. The summed E-state index contributed by atoms with van der Waals surface area (Å²) in [5, 5.41) is 2.20. The molecule has 1 aromatic heterocycles. The monoisotopic (exact) mass is 332 g/mol. The number of aromatic nitrogens is 1. The van der Waals surface area contributed by atoms with E-state index in [0.29, 0.717) is 0 Å². The van der Waals surface area contributed by atoms with Crippen LogP contribution in [0.4, 0.5) is 5.69 Å². The first kappa shape index (κ1) is 16.4. The fraction of sp³-hybridized carbons (Fsp3) is 0.500. The van der Waals surface area contributed by atoms with E-state index in [1.54, 1.807) is 16.2 Å². The van der Waals surface area contributed by atoms with Crippen molar-refractivity contribution in [3.8, 4) is 0 Å². The lowest BCUT2D eigenvalue weighted by atomic mass is 10.2. The van der Waals surface area contributed by atoms with E-state index in [1.165, 1.54) is 24.2 Å². The molecule has 0 unspecified atom stereocenters. The lowest BCUT2D eigenvalue weighted by Crippen LogP contribution is -3.14. The van der Waals surface area contributed by atoms with Gasteiger partial charge in [-0.05, 0) is 26.0 Å². The van der Waals surface area contributed by atoms with Gasteiger partial charge in [0.1, 0.15) is 13.1 Å². The maximum Gasteiger partial charge on any atom is 0.190 e. The Morgan fingerprint density at radius 3 is 2.65 bits per heavy atom. The van der Waals surface area contributed by atoms with E-state index in [0.717, 1.165) is 43.3 Å². The van der Waals surface area contributed by atoms with Crippen molar-refractivity contribution in [1.82, 2.24) is 4.57 Å². The summed E-state index contributed by atoms with van der Waals surface area (Å²) in [7, 11) is 0. The molecule has 0 aliphatic carbocycles. The van der Waals surface area contributed by atoms with Crippen molar-refractivity contribution < 1.29 is 9.64 Å². The zero-order chi connectivity index (χ0) is 16.1. The summed E-state index contributed by atoms with van der Waals surface area (Å²) in [5.74, 6) is 0. The molecule has 1 aliphatic heterocycles. The molecule has 1 saturated heterocycles. The number of thiazole rings is 1. The summed E-state index contributed by atoms with van der Waals surface area (Å²) in [6.45, 7) is 10.7. The summed E-state index contributed by atoms with van der Waals surface area (Å²) in [4.78, 5) is 7.59. The van der Waals surface area contributed by atoms with Gasteiger partial charge in [-0.2, -0.15) is 0 Å². The molecule has 3 rings (SSSR count). The highest BCUT2D eigenvalue weighted by atomic mass is 32.1. The molecule has 0 bridgehead atoms. The maximum absolute atomic E-state index is 5.43. The summed E-state index contributed by atoms with van der Waals surface area (Å²) >= 11 is 1.73. The van der Waals surface area contributed by atoms with Crippen molar-refractivity contribution in [2.45, 2.75) is 26.8 Å². The Balaban J connectivity index is 1.67. The third-order valence-electron chi connectivity index (χ3n) is 4.36. The smallest absolute Gasteiger partial charge is 0.190 e. The topological polar surface area (TPSA) is 31.0 Å². The van der Waals surface area contributed by atoms with Crippen LogP contribution in [0.25, 0.3) is 0 Å². The fourth-order valence-corrected chi connectivity index (χ4v) is 3.83. The van der Waals surface area contributed by atoms with Gasteiger partial charge in [-0.1, -0.05) is 17.7 Å². The molecule has 5 heteroatoms. The average Bonchev–Trinajstić information content (AvgIpc) is 2.91. The average molecular weight is 332 g/mol. The minimum Gasteiger partial charge on any atom is -0.370 e. The summed E-state index contributed by atoms with van der Waals surface area (Å²) in [5.41, 5.74) is 3.61. The molecule has 1 aromatic carbocycles. The third kappa shape index (κ3) is 4.53. The second-order valence-corrected chi connectivity index (χ2v) is 7.06. The molecule has 23 heavy (non-hydrogen) atoms. The highest BCUT2D eigenvalue weighted by Crippen LogP contribution is 2.12. The van der Waals surface area contributed by atoms with E-state index >= 15 is 0 Å². The maximum atomic E-state index is 5.43. The summed E-state index contributed by atoms with van der Waals surface area (Å²) in [6, 6.07) is 8.41. The van der Waals surface area contributed by atoms with Crippen LogP contribution in [0.3, 0.4) is 0 Å². The lowest BCUT2D eigenvalue weighted by molar-refractivity contribution is -0.908. The van der Waals surface area contributed by atoms with Crippen LogP contribution in [0, 0.1) is 13.8 Å². The van der Waals surface area contributed by atoms with Crippen molar-refractivity contribution in [3.63, 3.8) is 0 Å². The van der Waals surface area contributed by atoms with Crippen LogP contribution >= 0.6 is 11.3 Å². The molecule has 0 amide bonds. The Kier molecular flexibility index (Phi) is 5.65. The van der Waals surface area contributed by atoms with Gasteiger partial charge >= 0.3 is 0 Å². The summed E-state index contributed by atoms with van der Waals surface area (Å²) in [6.07, 6.45) is 1.19. The Labute approximate surface area is 142 Å². The number of quaternary nitrogens is 1. The predicted molar refractivity (Wildman–Crippen MR) is 94.4 cm³/mol. The number of nitrogens with zero attached hydrogens (tertiary/aromatic N) is 2. The van der Waals surface area contributed by atoms with Gasteiger partial charge in [0.15, 0.2) is 4.80 Å². The minimum atomic E-state index is 0.911.